The number of nitrogen functional groups attached to an aromatic ring is 1. The maximum atomic E-state index is 11.6. The van der Waals surface area contributed by atoms with Crippen molar-refractivity contribution in [1.82, 2.24) is 10.6 Å². The minimum absolute atomic E-state index is 0.162. The molecule has 1 aromatic rings. The second kappa shape index (κ2) is 8.87. The number of carbonyl (C=O) groups is 2. The first-order valence-electron chi connectivity index (χ1n) is 7.49. The van der Waals surface area contributed by atoms with Gasteiger partial charge < -0.3 is 25.8 Å². The van der Waals surface area contributed by atoms with Gasteiger partial charge >= 0.3 is 6.09 Å². The summed E-state index contributed by atoms with van der Waals surface area (Å²) in [6.45, 7) is 6.22. The topological polar surface area (TPSA) is 103 Å². The van der Waals surface area contributed by atoms with Crippen LogP contribution < -0.4 is 21.1 Å². The molecule has 7 nitrogen and oxygen atoms in total. The SMILES string of the molecule is CC(C)(C)OC(=O)NCCNC(=O)CCOc1ccccc1N. The summed E-state index contributed by atoms with van der Waals surface area (Å²) in [4.78, 5) is 23.0. The number of benzene rings is 1. The third-order valence-corrected chi connectivity index (χ3v) is 2.62. The molecule has 0 aliphatic heterocycles. The summed E-state index contributed by atoms with van der Waals surface area (Å²) >= 11 is 0. The molecular formula is C16H25N3O4. The van der Waals surface area contributed by atoms with Crippen LogP contribution in [-0.4, -0.2) is 37.3 Å². The van der Waals surface area contributed by atoms with E-state index in [0.29, 0.717) is 24.5 Å². The number of anilines is 1. The van der Waals surface area contributed by atoms with Crippen LogP contribution in [0, 0.1) is 0 Å². The van der Waals surface area contributed by atoms with Crippen molar-refractivity contribution in [2.24, 2.45) is 0 Å². The van der Waals surface area contributed by atoms with E-state index in [1.807, 2.05) is 12.1 Å². The molecule has 0 bridgehead atoms. The molecule has 0 aliphatic rings. The third kappa shape index (κ3) is 8.55. The Hall–Kier alpha value is -2.44. The van der Waals surface area contributed by atoms with E-state index in [1.165, 1.54) is 0 Å². The summed E-state index contributed by atoms with van der Waals surface area (Å²) in [6.07, 6.45) is -0.296. The molecule has 2 amide bonds. The quantitative estimate of drug-likeness (QED) is 0.523. The lowest BCUT2D eigenvalue weighted by atomic mass is 10.2. The normalized spacial score (nSPS) is 10.7. The Bertz CT molecular complexity index is 526. The molecule has 0 aliphatic carbocycles. The summed E-state index contributed by atoms with van der Waals surface area (Å²) in [6, 6.07) is 7.11. The lowest BCUT2D eigenvalue weighted by Crippen LogP contribution is -2.38. The Balaban J connectivity index is 2.11. The first-order valence-corrected chi connectivity index (χ1v) is 7.49. The number of nitrogens with two attached hydrogens (primary N) is 1. The van der Waals surface area contributed by atoms with E-state index >= 15 is 0 Å². The van der Waals surface area contributed by atoms with Crippen LogP contribution in [0.5, 0.6) is 5.75 Å². The number of alkyl carbamates (subject to hydrolysis) is 1. The van der Waals surface area contributed by atoms with Crippen LogP contribution in [0.3, 0.4) is 0 Å². The van der Waals surface area contributed by atoms with Crippen molar-refractivity contribution in [3.8, 4) is 5.75 Å². The van der Waals surface area contributed by atoms with Crippen molar-refractivity contribution >= 4 is 17.7 Å². The van der Waals surface area contributed by atoms with Crippen LogP contribution in [0.25, 0.3) is 0 Å². The Morgan fingerprint density at radius 3 is 2.43 bits per heavy atom. The number of amides is 2. The van der Waals surface area contributed by atoms with Crippen molar-refractivity contribution in [1.29, 1.82) is 0 Å². The van der Waals surface area contributed by atoms with E-state index in [9.17, 15) is 9.59 Å². The molecule has 128 valence electrons. The maximum Gasteiger partial charge on any atom is 0.407 e. The third-order valence-electron chi connectivity index (χ3n) is 2.62. The van der Waals surface area contributed by atoms with E-state index in [1.54, 1.807) is 32.9 Å². The zero-order valence-electron chi connectivity index (χ0n) is 13.8. The highest BCUT2D eigenvalue weighted by Crippen LogP contribution is 2.19. The van der Waals surface area contributed by atoms with Crippen molar-refractivity contribution < 1.29 is 19.1 Å². The van der Waals surface area contributed by atoms with Gasteiger partial charge in [0, 0.05) is 13.1 Å². The smallest absolute Gasteiger partial charge is 0.407 e. The molecule has 0 aromatic heterocycles. The fourth-order valence-electron chi connectivity index (χ4n) is 1.63. The minimum Gasteiger partial charge on any atom is -0.491 e. The van der Waals surface area contributed by atoms with Gasteiger partial charge in [-0.3, -0.25) is 4.79 Å². The van der Waals surface area contributed by atoms with Crippen molar-refractivity contribution in [2.45, 2.75) is 32.8 Å². The summed E-state index contributed by atoms with van der Waals surface area (Å²) in [5.74, 6) is 0.400. The maximum absolute atomic E-state index is 11.6. The second-order valence-corrected chi connectivity index (χ2v) is 5.91. The highest BCUT2D eigenvalue weighted by molar-refractivity contribution is 5.76. The van der Waals surface area contributed by atoms with Crippen LogP contribution >= 0.6 is 0 Å². The molecule has 0 radical (unpaired) electrons. The average Bonchev–Trinajstić information content (AvgIpc) is 2.44. The molecule has 0 spiro atoms. The van der Waals surface area contributed by atoms with Crippen LogP contribution in [0.15, 0.2) is 24.3 Å². The Labute approximate surface area is 136 Å². The molecule has 0 atom stereocenters. The number of rotatable bonds is 7. The first kappa shape index (κ1) is 18.6. The molecule has 1 aromatic carbocycles. The molecule has 7 heteroatoms. The number of hydrogen-bond acceptors (Lipinski definition) is 5. The minimum atomic E-state index is -0.538. The van der Waals surface area contributed by atoms with Gasteiger partial charge in [-0.15, -0.1) is 0 Å². The summed E-state index contributed by atoms with van der Waals surface area (Å²) in [5.41, 5.74) is 5.73. The van der Waals surface area contributed by atoms with Gasteiger partial charge in [0.25, 0.3) is 0 Å². The van der Waals surface area contributed by atoms with Gasteiger partial charge in [0.2, 0.25) is 5.91 Å². The highest BCUT2D eigenvalue weighted by Gasteiger charge is 2.15. The van der Waals surface area contributed by atoms with Crippen LogP contribution in [0.2, 0.25) is 0 Å². The molecular weight excluding hydrogens is 298 g/mol. The van der Waals surface area contributed by atoms with Gasteiger partial charge in [-0.05, 0) is 32.9 Å². The molecule has 0 fully saturated rings. The standard InChI is InChI=1S/C16H25N3O4/c1-16(2,3)23-15(21)19-10-9-18-14(20)8-11-22-13-7-5-4-6-12(13)17/h4-7H,8-11,17H2,1-3H3,(H,18,20)(H,19,21). The van der Waals surface area contributed by atoms with E-state index < -0.39 is 11.7 Å². The summed E-state index contributed by atoms with van der Waals surface area (Å²) < 4.78 is 10.5. The predicted octanol–water partition coefficient (Wildman–Crippen LogP) is 1.68. The fourth-order valence-corrected chi connectivity index (χ4v) is 1.63. The van der Waals surface area contributed by atoms with Crippen molar-refractivity contribution in [3.05, 3.63) is 24.3 Å². The zero-order valence-corrected chi connectivity index (χ0v) is 13.8. The molecule has 23 heavy (non-hydrogen) atoms. The number of hydrogen-bond donors (Lipinski definition) is 3. The van der Waals surface area contributed by atoms with Gasteiger partial charge in [0.05, 0.1) is 18.7 Å². The first-order chi connectivity index (χ1) is 10.8. The summed E-state index contributed by atoms with van der Waals surface area (Å²) in [7, 11) is 0. The van der Waals surface area contributed by atoms with E-state index in [-0.39, 0.29) is 18.9 Å². The molecule has 4 N–H and O–H groups in total. The molecule has 0 saturated carbocycles. The lowest BCUT2D eigenvalue weighted by molar-refractivity contribution is -0.121. The lowest BCUT2D eigenvalue weighted by Gasteiger charge is -2.19. The van der Waals surface area contributed by atoms with E-state index in [4.69, 9.17) is 15.2 Å². The highest BCUT2D eigenvalue weighted by atomic mass is 16.6. The Kier molecular flexibility index (Phi) is 7.18. The number of carbonyl (C=O) groups excluding carboxylic acids is 2. The fraction of sp³-hybridized carbons (Fsp3) is 0.500. The number of para-hydroxylation sites is 2. The van der Waals surface area contributed by atoms with Gasteiger partial charge in [-0.25, -0.2) is 4.79 Å². The van der Waals surface area contributed by atoms with Crippen LogP contribution in [0.1, 0.15) is 27.2 Å². The number of nitrogens with one attached hydrogen (secondary N) is 2. The van der Waals surface area contributed by atoms with Crippen molar-refractivity contribution in [2.75, 3.05) is 25.4 Å². The molecule has 1 rings (SSSR count). The van der Waals surface area contributed by atoms with Gasteiger partial charge in [0.1, 0.15) is 11.4 Å². The second-order valence-electron chi connectivity index (χ2n) is 5.91. The number of ether oxygens (including phenoxy) is 2. The molecule has 0 unspecified atom stereocenters. The molecule has 0 heterocycles. The molecule has 0 saturated heterocycles. The van der Waals surface area contributed by atoms with Crippen LogP contribution in [-0.2, 0) is 9.53 Å². The Morgan fingerprint density at radius 2 is 1.78 bits per heavy atom. The van der Waals surface area contributed by atoms with E-state index in [2.05, 4.69) is 10.6 Å². The predicted molar refractivity (Wildman–Crippen MR) is 88.2 cm³/mol. The monoisotopic (exact) mass is 323 g/mol. The zero-order chi connectivity index (χ0) is 17.3. The van der Waals surface area contributed by atoms with Gasteiger partial charge in [-0.1, -0.05) is 12.1 Å². The summed E-state index contributed by atoms with van der Waals surface area (Å²) in [5, 5.41) is 5.24. The Morgan fingerprint density at radius 1 is 1.13 bits per heavy atom. The van der Waals surface area contributed by atoms with E-state index in [0.717, 1.165) is 0 Å². The van der Waals surface area contributed by atoms with Crippen molar-refractivity contribution in [3.63, 3.8) is 0 Å². The van der Waals surface area contributed by atoms with Gasteiger partial charge in [-0.2, -0.15) is 0 Å². The largest absolute Gasteiger partial charge is 0.491 e. The van der Waals surface area contributed by atoms with Gasteiger partial charge in [0.15, 0.2) is 0 Å². The average molecular weight is 323 g/mol. The van der Waals surface area contributed by atoms with Crippen LogP contribution in [0.4, 0.5) is 10.5 Å².